The molecule has 2 bridgehead atoms. The molecule has 108 valence electrons. The minimum absolute atomic E-state index is 0.130. The van der Waals surface area contributed by atoms with Crippen molar-refractivity contribution in [3.05, 3.63) is 30.3 Å². The number of rotatable bonds is 1. The van der Waals surface area contributed by atoms with Crippen LogP contribution in [0, 0.1) is 22.7 Å². The van der Waals surface area contributed by atoms with E-state index in [-0.39, 0.29) is 28.9 Å². The first-order chi connectivity index (χ1) is 9.88. The SMILES string of the molecule is CC12CC(=O)C(C)(C1)C1C(=O)N(c3ccccc3)C(=O)C12. The van der Waals surface area contributed by atoms with E-state index in [1.54, 1.807) is 12.1 Å². The molecule has 2 amide bonds. The van der Waals surface area contributed by atoms with Crippen molar-refractivity contribution in [1.82, 2.24) is 0 Å². The van der Waals surface area contributed by atoms with E-state index in [2.05, 4.69) is 0 Å². The molecule has 0 aromatic heterocycles. The maximum absolute atomic E-state index is 12.8. The molecule has 1 aromatic carbocycles. The molecule has 4 heteroatoms. The highest BCUT2D eigenvalue weighted by Crippen LogP contribution is 2.67. The Bertz CT molecular complexity index is 683. The van der Waals surface area contributed by atoms with Crippen molar-refractivity contribution in [3.8, 4) is 0 Å². The second-order valence-electron chi connectivity index (χ2n) is 7.15. The van der Waals surface area contributed by atoms with E-state index >= 15 is 0 Å². The summed E-state index contributed by atoms with van der Waals surface area (Å²) in [6.07, 6.45) is 1.08. The third kappa shape index (κ3) is 1.33. The smallest absolute Gasteiger partial charge is 0.238 e. The minimum Gasteiger partial charge on any atom is -0.299 e. The van der Waals surface area contributed by atoms with Crippen molar-refractivity contribution in [2.45, 2.75) is 26.7 Å². The largest absolute Gasteiger partial charge is 0.299 e. The first-order valence-corrected chi connectivity index (χ1v) is 7.35. The van der Waals surface area contributed by atoms with Crippen LogP contribution in [0.25, 0.3) is 0 Å². The Morgan fingerprint density at radius 3 is 2.29 bits per heavy atom. The molecule has 3 aliphatic rings. The molecule has 0 N–H and O–H groups in total. The van der Waals surface area contributed by atoms with Gasteiger partial charge in [-0.3, -0.25) is 19.3 Å². The summed E-state index contributed by atoms with van der Waals surface area (Å²) in [4.78, 5) is 39.3. The molecule has 1 aromatic rings. The first kappa shape index (κ1) is 12.7. The third-order valence-electron chi connectivity index (χ3n) is 5.73. The van der Waals surface area contributed by atoms with E-state index in [4.69, 9.17) is 0 Å². The van der Waals surface area contributed by atoms with E-state index in [1.165, 1.54) is 4.90 Å². The second kappa shape index (κ2) is 3.62. The van der Waals surface area contributed by atoms with Gasteiger partial charge in [0.25, 0.3) is 0 Å². The van der Waals surface area contributed by atoms with Crippen molar-refractivity contribution in [2.75, 3.05) is 4.90 Å². The van der Waals surface area contributed by atoms with E-state index in [0.717, 1.165) is 0 Å². The van der Waals surface area contributed by atoms with E-state index in [1.807, 2.05) is 32.0 Å². The van der Waals surface area contributed by atoms with Gasteiger partial charge < -0.3 is 0 Å². The molecular weight excluding hydrogens is 266 g/mol. The monoisotopic (exact) mass is 283 g/mol. The molecule has 1 heterocycles. The van der Waals surface area contributed by atoms with Crippen LogP contribution in [0.4, 0.5) is 5.69 Å². The number of anilines is 1. The van der Waals surface area contributed by atoms with Gasteiger partial charge in [0, 0.05) is 11.8 Å². The Hall–Kier alpha value is -1.97. The zero-order valence-corrected chi connectivity index (χ0v) is 12.1. The van der Waals surface area contributed by atoms with Crippen LogP contribution in [0.1, 0.15) is 26.7 Å². The van der Waals surface area contributed by atoms with Gasteiger partial charge in [-0.2, -0.15) is 0 Å². The Balaban J connectivity index is 1.84. The summed E-state index contributed by atoms with van der Waals surface area (Å²) in [6.45, 7) is 3.85. The third-order valence-corrected chi connectivity index (χ3v) is 5.73. The van der Waals surface area contributed by atoms with Crippen LogP contribution in [0.2, 0.25) is 0 Å². The standard InChI is InChI=1S/C17H17NO3/c1-16-8-11(19)17(2,9-16)13-12(16)14(20)18(15(13)21)10-6-4-3-5-7-10/h3-7,12-13H,8-9H2,1-2H3. The number of Topliss-reactive ketones (excluding diaryl/α,β-unsaturated/α-hetero) is 1. The maximum atomic E-state index is 12.8. The number of carbonyl (C=O) groups is 3. The van der Waals surface area contributed by atoms with Gasteiger partial charge in [0.2, 0.25) is 11.8 Å². The van der Waals surface area contributed by atoms with Crippen LogP contribution in [-0.2, 0) is 14.4 Å². The molecular formula is C17H17NO3. The van der Waals surface area contributed by atoms with Crippen LogP contribution in [0.15, 0.2) is 30.3 Å². The predicted molar refractivity (Wildman–Crippen MR) is 76.4 cm³/mol. The fraction of sp³-hybridized carbons (Fsp3) is 0.471. The zero-order valence-electron chi connectivity index (χ0n) is 12.1. The van der Waals surface area contributed by atoms with Gasteiger partial charge in [-0.25, -0.2) is 0 Å². The number of para-hydroxylation sites is 1. The van der Waals surface area contributed by atoms with Gasteiger partial charge in [-0.05, 0) is 24.0 Å². The highest BCUT2D eigenvalue weighted by Gasteiger charge is 2.74. The molecule has 4 rings (SSSR count). The number of hydrogen-bond donors (Lipinski definition) is 0. The topological polar surface area (TPSA) is 54.5 Å². The molecule has 1 saturated heterocycles. The molecule has 0 radical (unpaired) electrons. The average molecular weight is 283 g/mol. The molecule has 4 atom stereocenters. The molecule has 2 saturated carbocycles. The summed E-state index contributed by atoms with van der Waals surface area (Å²) in [5.41, 5.74) is -0.399. The van der Waals surface area contributed by atoms with E-state index in [0.29, 0.717) is 18.5 Å². The van der Waals surface area contributed by atoms with Crippen LogP contribution in [0.3, 0.4) is 0 Å². The van der Waals surface area contributed by atoms with E-state index in [9.17, 15) is 14.4 Å². The van der Waals surface area contributed by atoms with Crippen molar-refractivity contribution < 1.29 is 14.4 Å². The van der Waals surface area contributed by atoms with Gasteiger partial charge >= 0.3 is 0 Å². The number of benzene rings is 1. The summed E-state index contributed by atoms with van der Waals surface area (Å²) < 4.78 is 0. The average Bonchev–Trinajstić information content (AvgIpc) is 2.93. The lowest BCUT2D eigenvalue weighted by Gasteiger charge is -2.30. The molecule has 2 aliphatic carbocycles. The summed E-state index contributed by atoms with van der Waals surface area (Å²) in [6, 6.07) is 9.02. The molecule has 4 unspecified atom stereocenters. The first-order valence-electron chi connectivity index (χ1n) is 7.35. The molecule has 21 heavy (non-hydrogen) atoms. The van der Waals surface area contributed by atoms with Crippen LogP contribution >= 0.6 is 0 Å². The van der Waals surface area contributed by atoms with Crippen LogP contribution < -0.4 is 4.90 Å². The number of hydrogen-bond acceptors (Lipinski definition) is 3. The number of carbonyl (C=O) groups excluding carboxylic acids is 3. The van der Waals surface area contributed by atoms with Gasteiger partial charge in [0.05, 0.1) is 17.5 Å². The van der Waals surface area contributed by atoms with Crippen LogP contribution in [-0.4, -0.2) is 17.6 Å². The Labute approximate surface area is 123 Å². The minimum atomic E-state index is -0.657. The van der Waals surface area contributed by atoms with Crippen LogP contribution in [0.5, 0.6) is 0 Å². The maximum Gasteiger partial charge on any atom is 0.238 e. The van der Waals surface area contributed by atoms with Gasteiger partial charge in [-0.15, -0.1) is 0 Å². The van der Waals surface area contributed by atoms with Gasteiger partial charge in [-0.1, -0.05) is 32.0 Å². The summed E-state index contributed by atoms with van der Waals surface area (Å²) in [7, 11) is 0. The Morgan fingerprint density at radius 2 is 1.62 bits per heavy atom. The zero-order chi connectivity index (χ0) is 15.0. The molecule has 0 spiro atoms. The highest BCUT2D eigenvalue weighted by atomic mass is 16.2. The van der Waals surface area contributed by atoms with Crippen molar-refractivity contribution in [2.24, 2.45) is 22.7 Å². The fourth-order valence-corrected chi connectivity index (χ4v) is 4.92. The van der Waals surface area contributed by atoms with E-state index < -0.39 is 11.3 Å². The number of ketones is 1. The number of nitrogens with zero attached hydrogens (tertiary/aromatic N) is 1. The summed E-state index contributed by atoms with van der Waals surface area (Å²) in [5.74, 6) is -1.00. The number of amides is 2. The van der Waals surface area contributed by atoms with Crippen molar-refractivity contribution in [3.63, 3.8) is 0 Å². The van der Waals surface area contributed by atoms with Gasteiger partial charge in [0.1, 0.15) is 5.78 Å². The quantitative estimate of drug-likeness (QED) is 0.742. The normalized spacial score (nSPS) is 41.0. The molecule has 4 nitrogen and oxygen atoms in total. The fourth-order valence-electron chi connectivity index (χ4n) is 4.92. The molecule has 1 aliphatic heterocycles. The number of imide groups is 1. The number of fused-ring (bicyclic) bond motifs is 5. The Morgan fingerprint density at radius 1 is 1.00 bits per heavy atom. The summed E-state index contributed by atoms with van der Waals surface area (Å²) >= 11 is 0. The highest BCUT2D eigenvalue weighted by molar-refractivity contribution is 6.24. The summed E-state index contributed by atoms with van der Waals surface area (Å²) in [5, 5.41) is 0. The Kier molecular flexibility index (Phi) is 2.19. The lowest BCUT2D eigenvalue weighted by molar-refractivity contribution is -0.138. The van der Waals surface area contributed by atoms with Crippen molar-refractivity contribution >= 4 is 23.3 Å². The predicted octanol–water partition coefficient (Wildman–Crippen LogP) is 2.18. The molecule has 3 fully saturated rings. The second-order valence-corrected chi connectivity index (χ2v) is 7.15. The lowest BCUT2D eigenvalue weighted by Crippen LogP contribution is -2.40. The van der Waals surface area contributed by atoms with Crippen molar-refractivity contribution in [1.29, 1.82) is 0 Å². The lowest BCUT2D eigenvalue weighted by atomic mass is 9.68. The van der Waals surface area contributed by atoms with Gasteiger partial charge in [0.15, 0.2) is 0 Å².